The van der Waals surface area contributed by atoms with Crippen LogP contribution in [0.25, 0.3) is 0 Å². The molecule has 0 unspecified atom stereocenters. The fourth-order valence-electron chi connectivity index (χ4n) is 1.28. The summed E-state index contributed by atoms with van der Waals surface area (Å²) in [6.07, 6.45) is 0. The molecular weight excluding hydrogens is 237 g/mol. The molecule has 1 aromatic rings. The monoisotopic (exact) mass is 251 g/mol. The quantitative estimate of drug-likeness (QED) is 0.803. The molecule has 0 saturated carbocycles. The standard InChI is InChI=1S/C13H14FNO3/c1-8(9(2)13(17)18)12(16)15-7-10-5-3-4-6-11(10)14/h3-6H,7H2,1-2H3,(H,15,16)(H,17,18). The molecule has 1 rings (SSSR count). The highest BCUT2D eigenvalue weighted by Gasteiger charge is 2.12. The molecule has 96 valence electrons. The first-order chi connectivity index (χ1) is 8.43. The fourth-order valence-corrected chi connectivity index (χ4v) is 1.28. The van der Waals surface area contributed by atoms with Gasteiger partial charge in [-0.25, -0.2) is 9.18 Å². The molecule has 0 aromatic heterocycles. The molecular formula is C13H14FNO3. The summed E-state index contributed by atoms with van der Waals surface area (Å²) >= 11 is 0. The summed E-state index contributed by atoms with van der Waals surface area (Å²) < 4.78 is 13.3. The lowest BCUT2D eigenvalue weighted by Gasteiger charge is -2.07. The van der Waals surface area contributed by atoms with E-state index in [0.29, 0.717) is 5.56 Å². The Balaban J connectivity index is 2.71. The van der Waals surface area contributed by atoms with E-state index >= 15 is 0 Å². The van der Waals surface area contributed by atoms with Gasteiger partial charge in [-0.05, 0) is 19.9 Å². The number of carboxylic acid groups (broad SMARTS) is 1. The zero-order valence-corrected chi connectivity index (χ0v) is 10.2. The van der Waals surface area contributed by atoms with Gasteiger partial charge in [-0.15, -0.1) is 0 Å². The van der Waals surface area contributed by atoms with Crippen LogP contribution in [0, 0.1) is 5.82 Å². The summed E-state index contributed by atoms with van der Waals surface area (Å²) in [4.78, 5) is 22.3. The van der Waals surface area contributed by atoms with Crippen LogP contribution in [0.5, 0.6) is 0 Å². The van der Waals surface area contributed by atoms with Gasteiger partial charge >= 0.3 is 5.97 Å². The average Bonchev–Trinajstić information content (AvgIpc) is 2.35. The second-order valence-electron chi connectivity index (χ2n) is 3.83. The van der Waals surface area contributed by atoms with Crippen LogP contribution in [0.4, 0.5) is 4.39 Å². The van der Waals surface area contributed by atoms with Gasteiger partial charge in [0.15, 0.2) is 0 Å². The van der Waals surface area contributed by atoms with Crippen LogP contribution in [-0.2, 0) is 16.1 Å². The lowest BCUT2D eigenvalue weighted by atomic mass is 10.1. The Morgan fingerprint density at radius 2 is 1.83 bits per heavy atom. The molecule has 2 N–H and O–H groups in total. The molecule has 18 heavy (non-hydrogen) atoms. The molecule has 0 aliphatic rings. The highest BCUT2D eigenvalue weighted by atomic mass is 19.1. The van der Waals surface area contributed by atoms with Gasteiger partial charge < -0.3 is 10.4 Å². The summed E-state index contributed by atoms with van der Waals surface area (Å²) in [5.74, 6) is -2.07. The van der Waals surface area contributed by atoms with E-state index < -0.39 is 17.7 Å². The molecule has 1 aromatic carbocycles. The van der Waals surface area contributed by atoms with Gasteiger partial charge in [0.05, 0.1) is 0 Å². The molecule has 0 heterocycles. The third-order valence-electron chi connectivity index (χ3n) is 2.62. The van der Waals surface area contributed by atoms with Gasteiger partial charge in [-0.1, -0.05) is 18.2 Å². The van der Waals surface area contributed by atoms with E-state index in [0.717, 1.165) is 0 Å². The second-order valence-corrected chi connectivity index (χ2v) is 3.83. The molecule has 0 fully saturated rings. The van der Waals surface area contributed by atoms with E-state index in [1.54, 1.807) is 18.2 Å². The fraction of sp³-hybridized carbons (Fsp3) is 0.231. The topological polar surface area (TPSA) is 66.4 Å². The maximum Gasteiger partial charge on any atom is 0.331 e. The third kappa shape index (κ3) is 3.41. The van der Waals surface area contributed by atoms with E-state index in [4.69, 9.17) is 5.11 Å². The number of nitrogens with one attached hydrogen (secondary N) is 1. The van der Waals surface area contributed by atoms with Crippen LogP contribution < -0.4 is 5.32 Å². The van der Waals surface area contributed by atoms with Crippen LogP contribution in [-0.4, -0.2) is 17.0 Å². The molecule has 5 heteroatoms. The van der Waals surface area contributed by atoms with Crippen molar-refractivity contribution in [2.45, 2.75) is 20.4 Å². The van der Waals surface area contributed by atoms with Crippen molar-refractivity contribution in [2.75, 3.05) is 0 Å². The molecule has 0 spiro atoms. The van der Waals surface area contributed by atoms with Gasteiger partial charge in [0.1, 0.15) is 5.82 Å². The van der Waals surface area contributed by atoms with Crippen molar-refractivity contribution in [2.24, 2.45) is 0 Å². The number of carboxylic acids is 1. The SMILES string of the molecule is CC(C(=O)O)=C(C)C(=O)NCc1ccccc1F. The Bertz CT molecular complexity index is 509. The number of carbonyl (C=O) groups is 2. The Labute approximate surface area is 104 Å². The van der Waals surface area contributed by atoms with E-state index in [-0.39, 0.29) is 17.7 Å². The van der Waals surface area contributed by atoms with Crippen molar-refractivity contribution in [1.82, 2.24) is 5.32 Å². The summed E-state index contributed by atoms with van der Waals surface area (Å²) in [6.45, 7) is 2.79. The van der Waals surface area contributed by atoms with Crippen LogP contribution >= 0.6 is 0 Å². The smallest absolute Gasteiger partial charge is 0.331 e. The van der Waals surface area contributed by atoms with E-state index in [1.165, 1.54) is 19.9 Å². The lowest BCUT2D eigenvalue weighted by molar-refractivity contribution is -0.133. The number of amides is 1. The molecule has 0 radical (unpaired) electrons. The van der Waals surface area contributed by atoms with Crippen molar-refractivity contribution in [3.05, 3.63) is 46.8 Å². The van der Waals surface area contributed by atoms with Gasteiger partial charge in [0.25, 0.3) is 0 Å². The Morgan fingerprint density at radius 3 is 2.39 bits per heavy atom. The molecule has 0 saturated heterocycles. The first-order valence-electron chi connectivity index (χ1n) is 5.36. The minimum atomic E-state index is -1.14. The molecule has 0 bridgehead atoms. The zero-order valence-electron chi connectivity index (χ0n) is 10.2. The van der Waals surface area contributed by atoms with E-state index in [1.807, 2.05) is 0 Å². The van der Waals surface area contributed by atoms with Crippen molar-refractivity contribution in [3.8, 4) is 0 Å². The van der Waals surface area contributed by atoms with E-state index in [2.05, 4.69) is 5.32 Å². The highest BCUT2D eigenvalue weighted by molar-refractivity contribution is 6.01. The predicted molar refractivity (Wildman–Crippen MR) is 64.3 cm³/mol. The Morgan fingerprint density at radius 1 is 1.22 bits per heavy atom. The van der Waals surface area contributed by atoms with Crippen LogP contribution in [0.1, 0.15) is 19.4 Å². The lowest BCUT2D eigenvalue weighted by Crippen LogP contribution is -2.25. The van der Waals surface area contributed by atoms with Gasteiger partial charge in [-0.2, -0.15) is 0 Å². The van der Waals surface area contributed by atoms with Gasteiger partial charge in [-0.3, -0.25) is 4.79 Å². The average molecular weight is 251 g/mol. The number of hydrogen-bond donors (Lipinski definition) is 2. The van der Waals surface area contributed by atoms with Crippen LogP contribution in [0.15, 0.2) is 35.4 Å². The zero-order chi connectivity index (χ0) is 13.7. The number of benzene rings is 1. The van der Waals surface area contributed by atoms with Crippen molar-refractivity contribution >= 4 is 11.9 Å². The summed E-state index contributed by atoms with van der Waals surface area (Å²) in [5, 5.41) is 11.2. The van der Waals surface area contributed by atoms with Gasteiger partial charge in [0.2, 0.25) is 5.91 Å². The number of aliphatic carboxylic acids is 1. The largest absolute Gasteiger partial charge is 0.478 e. The molecule has 0 aliphatic carbocycles. The third-order valence-corrected chi connectivity index (χ3v) is 2.62. The molecule has 0 aliphatic heterocycles. The summed E-state index contributed by atoms with van der Waals surface area (Å²) in [5.41, 5.74) is 0.437. The summed E-state index contributed by atoms with van der Waals surface area (Å²) in [7, 11) is 0. The number of rotatable bonds is 4. The highest BCUT2D eigenvalue weighted by Crippen LogP contribution is 2.07. The normalized spacial score (nSPS) is 11.7. The number of halogens is 1. The minimum Gasteiger partial charge on any atom is -0.478 e. The van der Waals surface area contributed by atoms with Crippen molar-refractivity contribution in [3.63, 3.8) is 0 Å². The number of hydrogen-bond acceptors (Lipinski definition) is 2. The summed E-state index contributed by atoms with van der Waals surface area (Å²) in [6, 6.07) is 6.07. The second kappa shape index (κ2) is 5.95. The number of carbonyl (C=O) groups excluding carboxylic acids is 1. The Hall–Kier alpha value is -2.17. The first kappa shape index (κ1) is 13.9. The maximum absolute atomic E-state index is 13.3. The Kier molecular flexibility index (Phi) is 4.59. The first-order valence-corrected chi connectivity index (χ1v) is 5.36. The van der Waals surface area contributed by atoms with Crippen molar-refractivity contribution in [1.29, 1.82) is 0 Å². The van der Waals surface area contributed by atoms with E-state index in [9.17, 15) is 14.0 Å². The van der Waals surface area contributed by atoms with Gasteiger partial charge in [0, 0.05) is 23.3 Å². The maximum atomic E-state index is 13.3. The molecule has 1 amide bonds. The van der Waals surface area contributed by atoms with Crippen molar-refractivity contribution < 1.29 is 19.1 Å². The van der Waals surface area contributed by atoms with Crippen LogP contribution in [0.2, 0.25) is 0 Å². The van der Waals surface area contributed by atoms with Crippen LogP contribution in [0.3, 0.4) is 0 Å². The minimum absolute atomic E-state index is 0.0236. The molecule has 4 nitrogen and oxygen atoms in total. The predicted octanol–water partition coefficient (Wildman–Crippen LogP) is 1.86. The molecule has 0 atom stereocenters.